The molecule has 0 saturated carbocycles. The number of hydrogen-bond donors (Lipinski definition) is 2. The van der Waals surface area contributed by atoms with Gasteiger partial charge in [-0.2, -0.15) is 16.7 Å². The van der Waals surface area contributed by atoms with Gasteiger partial charge in [0.15, 0.2) is 0 Å². The quantitative estimate of drug-likeness (QED) is 0.883. The standard InChI is InChI=1S/C15H15ClN2O2S/c16-10-6-2-1-5-9(10)12-14(19)17-13(18-15(12)20)11-7-3-4-8-21-11/h1-2,5-6,11H,3-4,7-8H2,(H2,17,18,19,20). The zero-order valence-corrected chi connectivity index (χ0v) is 12.9. The number of hydrogen-bond acceptors (Lipinski definition) is 4. The Kier molecular flexibility index (Phi) is 4.22. The zero-order chi connectivity index (χ0) is 14.8. The van der Waals surface area contributed by atoms with Gasteiger partial charge in [0.1, 0.15) is 11.4 Å². The minimum absolute atomic E-state index is 0.130. The summed E-state index contributed by atoms with van der Waals surface area (Å²) in [7, 11) is 0. The third-order valence-corrected chi connectivity index (χ3v) is 5.26. The molecule has 1 aliphatic heterocycles. The minimum Gasteiger partial charge on any atom is -0.493 e. The van der Waals surface area contributed by atoms with Gasteiger partial charge in [0.2, 0.25) is 5.88 Å². The fourth-order valence-electron chi connectivity index (χ4n) is 2.49. The number of H-pyrrole nitrogens is 1. The highest BCUT2D eigenvalue weighted by Gasteiger charge is 2.22. The average Bonchev–Trinajstić information content (AvgIpc) is 2.49. The number of nitrogens with one attached hydrogen (secondary N) is 1. The van der Waals surface area contributed by atoms with Crippen molar-refractivity contribution in [2.24, 2.45) is 0 Å². The van der Waals surface area contributed by atoms with Crippen LogP contribution in [0.2, 0.25) is 5.02 Å². The molecule has 1 atom stereocenters. The van der Waals surface area contributed by atoms with Crippen LogP contribution in [0.3, 0.4) is 0 Å². The summed E-state index contributed by atoms with van der Waals surface area (Å²) in [4.78, 5) is 19.3. The second kappa shape index (κ2) is 6.12. The number of nitrogens with zero attached hydrogens (tertiary/aromatic N) is 1. The topological polar surface area (TPSA) is 66.0 Å². The van der Waals surface area contributed by atoms with Crippen molar-refractivity contribution in [2.45, 2.75) is 24.5 Å². The fourth-order valence-corrected chi connectivity index (χ4v) is 3.98. The van der Waals surface area contributed by atoms with E-state index in [9.17, 15) is 9.90 Å². The summed E-state index contributed by atoms with van der Waals surface area (Å²) in [6, 6.07) is 6.92. The van der Waals surface area contributed by atoms with Crippen LogP contribution in [0.5, 0.6) is 5.88 Å². The number of aromatic hydroxyl groups is 1. The Morgan fingerprint density at radius 3 is 2.81 bits per heavy atom. The molecule has 1 aromatic heterocycles. The molecule has 3 rings (SSSR count). The fraction of sp³-hybridized carbons (Fsp3) is 0.333. The summed E-state index contributed by atoms with van der Waals surface area (Å²) in [6.45, 7) is 0. The molecule has 110 valence electrons. The van der Waals surface area contributed by atoms with Gasteiger partial charge in [-0.1, -0.05) is 36.2 Å². The zero-order valence-electron chi connectivity index (χ0n) is 11.3. The monoisotopic (exact) mass is 322 g/mol. The molecule has 1 saturated heterocycles. The van der Waals surface area contributed by atoms with Crippen LogP contribution in [0, 0.1) is 0 Å². The van der Waals surface area contributed by atoms with Crippen LogP contribution in [0.15, 0.2) is 29.1 Å². The Morgan fingerprint density at radius 1 is 1.33 bits per heavy atom. The largest absolute Gasteiger partial charge is 0.493 e. The van der Waals surface area contributed by atoms with Crippen LogP contribution in [-0.2, 0) is 0 Å². The van der Waals surface area contributed by atoms with Crippen LogP contribution in [0.1, 0.15) is 30.3 Å². The van der Waals surface area contributed by atoms with E-state index in [4.69, 9.17) is 11.6 Å². The number of benzene rings is 1. The summed E-state index contributed by atoms with van der Waals surface area (Å²) < 4.78 is 0. The van der Waals surface area contributed by atoms with Gasteiger partial charge in [0.25, 0.3) is 5.56 Å². The van der Waals surface area contributed by atoms with Gasteiger partial charge in [0, 0.05) is 10.6 Å². The Balaban J connectivity index is 2.05. The van der Waals surface area contributed by atoms with E-state index < -0.39 is 0 Å². The number of aromatic amines is 1. The molecular formula is C15H15ClN2O2S. The molecule has 0 spiro atoms. The molecule has 21 heavy (non-hydrogen) atoms. The first-order chi connectivity index (χ1) is 10.2. The Hall–Kier alpha value is -1.46. The maximum atomic E-state index is 12.3. The molecule has 1 aromatic carbocycles. The molecule has 0 aliphatic carbocycles. The molecule has 2 heterocycles. The Bertz CT molecular complexity index is 711. The predicted octanol–water partition coefficient (Wildman–Crippen LogP) is 3.75. The molecule has 4 nitrogen and oxygen atoms in total. The molecule has 6 heteroatoms. The molecule has 1 aliphatic rings. The van der Waals surface area contributed by atoms with E-state index in [2.05, 4.69) is 9.97 Å². The maximum Gasteiger partial charge on any atom is 0.262 e. The van der Waals surface area contributed by atoms with Crippen LogP contribution < -0.4 is 5.56 Å². The van der Waals surface area contributed by atoms with E-state index in [0.29, 0.717) is 16.4 Å². The van der Waals surface area contributed by atoms with Crippen LogP contribution >= 0.6 is 23.4 Å². The molecular weight excluding hydrogens is 308 g/mol. The van der Waals surface area contributed by atoms with Crippen molar-refractivity contribution in [1.29, 1.82) is 0 Å². The van der Waals surface area contributed by atoms with Crippen molar-refractivity contribution in [3.8, 4) is 17.0 Å². The number of aromatic nitrogens is 2. The van der Waals surface area contributed by atoms with E-state index >= 15 is 0 Å². The lowest BCUT2D eigenvalue weighted by molar-refractivity contribution is 0.448. The van der Waals surface area contributed by atoms with Gasteiger partial charge in [-0.3, -0.25) is 4.79 Å². The first-order valence-electron chi connectivity index (χ1n) is 6.86. The van der Waals surface area contributed by atoms with E-state index in [1.165, 1.54) is 6.42 Å². The van der Waals surface area contributed by atoms with Crippen molar-refractivity contribution in [3.05, 3.63) is 45.5 Å². The lowest BCUT2D eigenvalue weighted by Crippen LogP contribution is -2.17. The first kappa shape index (κ1) is 14.5. The smallest absolute Gasteiger partial charge is 0.262 e. The molecule has 0 radical (unpaired) electrons. The van der Waals surface area contributed by atoms with Gasteiger partial charge in [-0.05, 0) is 24.7 Å². The van der Waals surface area contributed by atoms with E-state index in [-0.39, 0.29) is 22.3 Å². The maximum absolute atomic E-state index is 12.3. The Labute approximate surface area is 131 Å². The van der Waals surface area contributed by atoms with Crippen molar-refractivity contribution in [1.82, 2.24) is 9.97 Å². The van der Waals surface area contributed by atoms with Crippen LogP contribution in [0.25, 0.3) is 11.1 Å². The summed E-state index contributed by atoms with van der Waals surface area (Å²) in [5, 5.41) is 10.7. The molecule has 0 amide bonds. The predicted molar refractivity (Wildman–Crippen MR) is 86.0 cm³/mol. The highest BCUT2D eigenvalue weighted by molar-refractivity contribution is 7.99. The van der Waals surface area contributed by atoms with Crippen molar-refractivity contribution in [2.75, 3.05) is 5.75 Å². The molecule has 0 bridgehead atoms. The van der Waals surface area contributed by atoms with Crippen molar-refractivity contribution >= 4 is 23.4 Å². The normalized spacial score (nSPS) is 18.6. The highest BCUT2D eigenvalue weighted by Crippen LogP contribution is 2.38. The van der Waals surface area contributed by atoms with E-state index in [1.54, 1.807) is 36.0 Å². The molecule has 2 N–H and O–H groups in total. The third kappa shape index (κ3) is 2.94. The number of halogens is 1. The van der Waals surface area contributed by atoms with Crippen molar-refractivity contribution < 1.29 is 5.11 Å². The molecule has 1 fully saturated rings. The van der Waals surface area contributed by atoms with E-state index in [1.807, 2.05) is 0 Å². The summed E-state index contributed by atoms with van der Waals surface area (Å²) >= 11 is 7.86. The average molecular weight is 323 g/mol. The van der Waals surface area contributed by atoms with Gasteiger partial charge < -0.3 is 10.1 Å². The summed E-state index contributed by atoms with van der Waals surface area (Å²) in [5.74, 6) is 1.35. The molecule has 2 aromatic rings. The lowest BCUT2D eigenvalue weighted by atomic mass is 10.1. The second-order valence-corrected chi connectivity index (χ2v) is 6.70. The number of rotatable bonds is 2. The van der Waals surface area contributed by atoms with E-state index in [0.717, 1.165) is 18.6 Å². The highest BCUT2D eigenvalue weighted by atomic mass is 35.5. The van der Waals surface area contributed by atoms with Gasteiger partial charge in [0.05, 0.1) is 5.25 Å². The SMILES string of the molecule is O=c1[nH]c(C2CCCCS2)nc(O)c1-c1ccccc1Cl. The summed E-state index contributed by atoms with van der Waals surface area (Å²) in [5.41, 5.74) is 0.273. The van der Waals surface area contributed by atoms with Gasteiger partial charge in [-0.25, -0.2) is 0 Å². The third-order valence-electron chi connectivity index (χ3n) is 3.55. The minimum atomic E-state index is -0.350. The first-order valence-corrected chi connectivity index (χ1v) is 8.29. The van der Waals surface area contributed by atoms with Crippen LogP contribution in [0.4, 0.5) is 0 Å². The van der Waals surface area contributed by atoms with Crippen LogP contribution in [-0.4, -0.2) is 20.8 Å². The van der Waals surface area contributed by atoms with Gasteiger partial charge >= 0.3 is 0 Å². The Morgan fingerprint density at radius 2 is 2.14 bits per heavy atom. The van der Waals surface area contributed by atoms with Gasteiger partial charge in [-0.15, -0.1) is 0 Å². The second-order valence-electron chi connectivity index (χ2n) is 4.98. The lowest BCUT2D eigenvalue weighted by Gasteiger charge is -2.20. The summed E-state index contributed by atoms with van der Waals surface area (Å²) in [6.07, 6.45) is 3.28. The van der Waals surface area contributed by atoms with Crippen molar-refractivity contribution in [3.63, 3.8) is 0 Å². The number of thioether (sulfide) groups is 1. The molecule has 1 unspecified atom stereocenters.